The van der Waals surface area contributed by atoms with E-state index in [-0.39, 0.29) is 24.2 Å². The van der Waals surface area contributed by atoms with E-state index in [1.807, 2.05) is 4.90 Å². The molecule has 0 atom stereocenters. The highest BCUT2D eigenvalue weighted by atomic mass is 19.1. The van der Waals surface area contributed by atoms with Crippen molar-refractivity contribution < 1.29 is 23.0 Å². The Hall–Kier alpha value is -5.33. The summed E-state index contributed by atoms with van der Waals surface area (Å²) in [5.74, 6) is 0.184. The molecule has 13 heteroatoms. The monoisotopic (exact) mass is 556 g/mol. The third-order valence-electron chi connectivity index (χ3n) is 6.79. The van der Waals surface area contributed by atoms with E-state index in [0.717, 1.165) is 0 Å². The summed E-state index contributed by atoms with van der Waals surface area (Å²) in [6.07, 6.45) is 4.60. The molecule has 1 aliphatic rings. The molecule has 0 unspecified atom stereocenters. The molecule has 2 amide bonds. The van der Waals surface area contributed by atoms with Gasteiger partial charge in [0.1, 0.15) is 17.8 Å². The van der Waals surface area contributed by atoms with Crippen molar-refractivity contribution in [3.63, 3.8) is 0 Å². The number of anilines is 2. The molecular weight excluding hydrogens is 531 g/mol. The number of piperazine rings is 1. The number of nitrogens with one attached hydrogen (secondary N) is 2. The molecule has 2 aromatic carbocycles. The number of aromatic nitrogens is 4. The lowest BCUT2D eigenvalue weighted by Crippen LogP contribution is -2.51. The van der Waals surface area contributed by atoms with Crippen molar-refractivity contribution >= 4 is 34.4 Å². The zero-order valence-electron chi connectivity index (χ0n) is 21.8. The maximum absolute atomic E-state index is 15.1. The van der Waals surface area contributed by atoms with Gasteiger partial charge in [-0.05, 0) is 30.3 Å². The van der Waals surface area contributed by atoms with Crippen LogP contribution in [-0.4, -0.2) is 69.7 Å². The number of amides is 2. The van der Waals surface area contributed by atoms with E-state index < -0.39 is 0 Å². The Kier molecular flexibility index (Phi) is 7.22. The number of carbonyl (C=O) groups is 2. The number of carbonyl (C=O) groups excluding carboxylic acids is 2. The summed E-state index contributed by atoms with van der Waals surface area (Å²) in [5.41, 5.74) is 3.24. The van der Waals surface area contributed by atoms with Crippen molar-refractivity contribution in [2.45, 2.75) is 6.54 Å². The highest BCUT2D eigenvalue weighted by molar-refractivity contribution is 5.98. The van der Waals surface area contributed by atoms with Crippen LogP contribution >= 0.6 is 0 Å². The molecule has 6 rings (SSSR count). The summed E-state index contributed by atoms with van der Waals surface area (Å²) < 4.78 is 25.2. The van der Waals surface area contributed by atoms with Gasteiger partial charge in [-0.3, -0.25) is 19.6 Å². The Bertz CT molecular complexity index is 1680. The van der Waals surface area contributed by atoms with E-state index >= 15 is 4.39 Å². The van der Waals surface area contributed by atoms with Crippen molar-refractivity contribution in [1.29, 1.82) is 0 Å². The van der Waals surface area contributed by atoms with Gasteiger partial charge < -0.3 is 29.5 Å². The summed E-state index contributed by atoms with van der Waals surface area (Å²) in [6.45, 7) is 1.96. The van der Waals surface area contributed by atoms with Crippen molar-refractivity contribution in [3.8, 4) is 11.3 Å². The molecule has 0 saturated carbocycles. The lowest BCUT2D eigenvalue weighted by molar-refractivity contribution is -0.130. The number of fused-ring (bicyclic) bond motifs is 1. The number of rotatable bonds is 8. The maximum Gasteiger partial charge on any atom is 0.251 e. The van der Waals surface area contributed by atoms with Crippen LogP contribution in [0.15, 0.2) is 76.2 Å². The van der Waals surface area contributed by atoms with E-state index in [1.165, 1.54) is 12.3 Å². The maximum atomic E-state index is 15.1. The Balaban J connectivity index is 1.00. The SMILES string of the molecule is O=C(NCC(=O)N1CCN(c2ccc(-c3cc(CNc4ccon4)on3)cc2F)CC1)c1ccc2nccnc2c1. The summed E-state index contributed by atoms with van der Waals surface area (Å²) in [7, 11) is 0. The van der Waals surface area contributed by atoms with Crippen LogP contribution in [0.1, 0.15) is 16.1 Å². The van der Waals surface area contributed by atoms with Gasteiger partial charge in [-0.1, -0.05) is 16.4 Å². The van der Waals surface area contributed by atoms with Crippen molar-refractivity contribution in [2.75, 3.05) is 42.9 Å². The first-order chi connectivity index (χ1) is 20.0. The Labute approximate surface area is 233 Å². The third kappa shape index (κ3) is 5.83. The summed E-state index contributed by atoms with van der Waals surface area (Å²) in [6, 6.07) is 13.3. The van der Waals surface area contributed by atoms with Gasteiger partial charge in [-0.15, -0.1) is 0 Å². The second-order valence-electron chi connectivity index (χ2n) is 9.39. The lowest BCUT2D eigenvalue weighted by Gasteiger charge is -2.36. The summed E-state index contributed by atoms with van der Waals surface area (Å²) in [5, 5.41) is 13.5. The Morgan fingerprint density at radius 2 is 1.76 bits per heavy atom. The molecule has 0 radical (unpaired) electrons. The first-order valence-corrected chi connectivity index (χ1v) is 12.9. The molecule has 4 heterocycles. The van der Waals surface area contributed by atoms with Crippen LogP contribution in [0.25, 0.3) is 22.3 Å². The van der Waals surface area contributed by atoms with Crippen LogP contribution < -0.4 is 15.5 Å². The van der Waals surface area contributed by atoms with Gasteiger partial charge in [0.15, 0.2) is 11.6 Å². The van der Waals surface area contributed by atoms with Crippen LogP contribution in [0.2, 0.25) is 0 Å². The van der Waals surface area contributed by atoms with Crippen molar-refractivity contribution in [3.05, 3.63) is 84.3 Å². The first kappa shape index (κ1) is 25.9. The molecular formula is C28H25FN8O4. The van der Waals surface area contributed by atoms with Crippen molar-refractivity contribution in [1.82, 2.24) is 30.5 Å². The zero-order valence-corrected chi connectivity index (χ0v) is 21.8. The predicted molar refractivity (Wildman–Crippen MR) is 146 cm³/mol. The minimum Gasteiger partial charge on any atom is -0.366 e. The largest absolute Gasteiger partial charge is 0.366 e. The molecule has 12 nitrogen and oxygen atoms in total. The highest BCUT2D eigenvalue weighted by Crippen LogP contribution is 2.27. The average molecular weight is 557 g/mol. The van der Waals surface area contributed by atoms with Crippen LogP contribution in [0.3, 0.4) is 0 Å². The number of hydrogen-bond acceptors (Lipinski definition) is 10. The molecule has 5 aromatic rings. The van der Waals surface area contributed by atoms with Gasteiger partial charge in [-0.2, -0.15) is 0 Å². The molecule has 0 spiro atoms. The van der Waals surface area contributed by atoms with Gasteiger partial charge >= 0.3 is 0 Å². The van der Waals surface area contributed by atoms with E-state index in [2.05, 4.69) is 30.9 Å². The quantitative estimate of drug-likeness (QED) is 0.293. The molecule has 1 aliphatic heterocycles. The molecule has 1 saturated heterocycles. The van der Waals surface area contributed by atoms with E-state index in [1.54, 1.807) is 59.8 Å². The minimum absolute atomic E-state index is 0.131. The molecule has 0 bridgehead atoms. The van der Waals surface area contributed by atoms with E-state index in [4.69, 9.17) is 9.05 Å². The zero-order chi connectivity index (χ0) is 28.2. The van der Waals surface area contributed by atoms with E-state index in [9.17, 15) is 9.59 Å². The van der Waals surface area contributed by atoms with Gasteiger partial charge in [0.25, 0.3) is 5.91 Å². The standard InChI is InChI=1S/C28H25FN8O4/c29-21-13-18(23-15-20(41-34-23)16-32-26-5-12-40-35-26)2-4-25(21)36-8-10-37(11-9-36)27(38)17-33-28(39)19-1-3-22-24(14-19)31-7-6-30-22/h1-7,12-15H,8-11,16-17H2,(H,32,35)(H,33,39). The highest BCUT2D eigenvalue weighted by Gasteiger charge is 2.24. The molecule has 2 N–H and O–H groups in total. The fourth-order valence-electron chi connectivity index (χ4n) is 4.61. The molecule has 3 aromatic heterocycles. The number of benzene rings is 2. The normalized spacial score (nSPS) is 13.4. The fourth-order valence-corrected chi connectivity index (χ4v) is 4.61. The summed E-state index contributed by atoms with van der Waals surface area (Å²) >= 11 is 0. The van der Waals surface area contributed by atoms with Crippen LogP contribution in [0.5, 0.6) is 0 Å². The fraction of sp³-hybridized carbons (Fsp3) is 0.214. The molecule has 1 fully saturated rings. The first-order valence-electron chi connectivity index (χ1n) is 12.9. The van der Waals surface area contributed by atoms with Gasteiger partial charge in [0, 0.05) is 61.8 Å². The number of halogens is 1. The van der Waals surface area contributed by atoms with Crippen LogP contribution in [-0.2, 0) is 11.3 Å². The van der Waals surface area contributed by atoms with Crippen LogP contribution in [0, 0.1) is 5.82 Å². The Morgan fingerprint density at radius 3 is 2.54 bits per heavy atom. The Morgan fingerprint density at radius 1 is 0.927 bits per heavy atom. The average Bonchev–Trinajstić information content (AvgIpc) is 3.71. The molecule has 41 heavy (non-hydrogen) atoms. The minimum atomic E-state index is -0.389. The second-order valence-corrected chi connectivity index (χ2v) is 9.39. The molecule has 208 valence electrons. The predicted octanol–water partition coefficient (Wildman–Crippen LogP) is 3.10. The van der Waals surface area contributed by atoms with E-state index in [0.29, 0.717) is 77.8 Å². The number of nitrogens with zero attached hydrogens (tertiary/aromatic N) is 6. The number of hydrogen-bond donors (Lipinski definition) is 2. The van der Waals surface area contributed by atoms with Crippen molar-refractivity contribution in [2.24, 2.45) is 0 Å². The van der Waals surface area contributed by atoms with Gasteiger partial charge in [0.05, 0.1) is 29.8 Å². The second kappa shape index (κ2) is 11.4. The summed E-state index contributed by atoms with van der Waals surface area (Å²) in [4.78, 5) is 37.3. The van der Waals surface area contributed by atoms with Gasteiger partial charge in [0.2, 0.25) is 5.91 Å². The molecule has 0 aliphatic carbocycles. The van der Waals surface area contributed by atoms with Gasteiger partial charge in [-0.25, -0.2) is 4.39 Å². The lowest BCUT2D eigenvalue weighted by atomic mass is 10.1. The van der Waals surface area contributed by atoms with Crippen LogP contribution in [0.4, 0.5) is 15.9 Å². The smallest absolute Gasteiger partial charge is 0.251 e. The topological polar surface area (TPSA) is 143 Å². The third-order valence-corrected chi connectivity index (χ3v) is 6.79.